The summed E-state index contributed by atoms with van der Waals surface area (Å²) in [5.41, 5.74) is 2.52. The molecule has 1 aliphatic rings. The third kappa shape index (κ3) is 2.75. The standard InChI is InChI=1S/C17H17IN6O2/c1-22(16-19-8-12-14(18)21-23(2)15(12)20-16)11-7-10-5-3-4-6-13(10)24(9-11)17(25)26/h3-6,8,11H,7,9H2,1-2H3,(H,25,26). The quantitative estimate of drug-likeness (QED) is 0.587. The summed E-state index contributed by atoms with van der Waals surface area (Å²) >= 11 is 2.16. The molecule has 9 heteroatoms. The number of likely N-dealkylation sites (N-methyl/N-ethyl adjacent to an activating group) is 1. The first-order valence-corrected chi connectivity index (χ1v) is 9.20. The van der Waals surface area contributed by atoms with Gasteiger partial charge in [0.25, 0.3) is 0 Å². The van der Waals surface area contributed by atoms with Gasteiger partial charge in [-0.15, -0.1) is 0 Å². The van der Waals surface area contributed by atoms with Gasteiger partial charge in [0.15, 0.2) is 5.65 Å². The van der Waals surface area contributed by atoms with Crippen molar-refractivity contribution in [2.75, 3.05) is 23.4 Å². The van der Waals surface area contributed by atoms with Gasteiger partial charge in [-0.3, -0.25) is 4.90 Å². The maximum absolute atomic E-state index is 11.7. The van der Waals surface area contributed by atoms with E-state index in [-0.39, 0.29) is 6.04 Å². The second-order valence-electron chi connectivity index (χ2n) is 6.31. The van der Waals surface area contributed by atoms with Gasteiger partial charge < -0.3 is 10.0 Å². The molecule has 0 radical (unpaired) electrons. The lowest BCUT2D eigenvalue weighted by atomic mass is 9.97. The third-order valence-corrected chi connectivity index (χ3v) is 5.54. The van der Waals surface area contributed by atoms with Gasteiger partial charge in [-0.1, -0.05) is 18.2 Å². The first-order chi connectivity index (χ1) is 12.5. The van der Waals surface area contributed by atoms with Crippen LogP contribution in [-0.2, 0) is 13.5 Å². The van der Waals surface area contributed by atoms with E-state index >= 15 is 0 Å². The van der Waals surface area contributed by atoms with Gasteiger partial charge in [-0.05, 0) is 40.6 Å². The van der Waals surface area contributed by atoms with Gasteiger partial charge in [0, 0.05) is 20.3 Å². The van der Waals surface area contributed by atoms with E-state index in [1.807, 2.05) is 43.3 Å². The SMILES string of the molecule is CN(c1ncc2c(I)nn(C)c2n1)C1Cc2ccccc2N(C(=O)O)C1. The molecule has 3 heterocycles. The number of hydrogen-bond acceptors (Lipinski definition) is 5. The Hall–Kier alpha value is -2.43. The number of rotatable bonds is 2. The number of benzene rings is 1. The Morgan fingerprint density at radius 2 is 2.15 bits per heavy atom. The Balaban J connectivity index is 1.69. The zero-order chi connectivity index (χ0) is 18.4. The highest BCUT2D eigenvalue weighted by atomic mass is 127. The first-order valence-electron chi connectivity index (χ1n) is 8.12. The van der Waals surface area contributed by atoms with Gasteiger partial charge in [0.1, 0.15) is 3.70 Å². The molecule has 0 bridgehead atoms. The summed E-state index contributed by atoms with van der Waals surface area (Å²) in [7, 11) is 3.76. The van der Waals surface area contributed by atoms with E-state index in [4.69, 9.17) is 0 Å². The number of halogens is 1. The number of nitrogens with zero attached hydrogens (tertiary/aromatic N) is 6. The molecule has 134 valence electrons. The van der Waals surface area contributed by atoms with Crippen LogP contribution in [-0.4, -0.2) is 50.6 Å². The maximum Gasteiger partial charge on any atom is 0.411 e. The number of anilines is 2. The molecule has 0 saturated heterocycles. The normalized spacial score (nSPS) is 16.6. The molecule has 0 aliphatic carbocycles. The molecule has 0 saturated carbocycles. The molecular formula is C17H17IN6O2. The van der Waals surface area contributed by atoms with Crippen LogP contribution in [0.15, 0.2) is 30.5 Å². The highest BCUT2D eigenvalue weighted by Gasteiger charge is 2.31. The molecule has 26 heavy (non-hydrogen) atoms. The minimum absolute atomic E-state index is 0.0502. The smallest absolute Gasteiger partial charge is 0.411 e. The van der Waals surface area contributed by atoms with Crippen LogP contribution in [0.1, 0.15) is 5.56 Å². The van der Waals surface area contributed by atoms with Crippen molar-refractivity contribution in [1.82, 2.24) is 19.7 Å². The number of amides is 1. The number of aromatic nitrogens is 4. The van der Waals surface area contributed by atoms with Crippen LogP contribution in [0.25, 0.3) is 11.0 Å². The third-order valence-electron chi connectivity index (χ3n) is 4.75. The number of hydrogen-bond donors (Lipinski definition) is 1. The predicted octanol–water partition coefficient (Wildman–Crippen LogP) is 2.51. The van der Waals surface area contributed by atoms with Gasteiger partial charge in [0.2, 0.25) is 5.95 Å². The highest BCUT2D eigenvalue weighted by molar-refractivity contribution is 14.1. The number of fused-ring (bicyclic) bond motifs is 2. The summed E-state index contributed by atoms with van der Waals surface area (Å²) in [5.74, 6) is 0.562. The summed E-state index contributed by atoms with van der Waals surface area (Å²) in [6.45, 7) is 0.368. The van der Waals surface area contributed by atoms with E-state index in [1.165, 1.54) is 4.90 Å². The molecule has 1 N–H and O–H groups in total. The molecule has 8 nitrogen and oxygen atoms in total. The largest absolute Gasteiger partial charge is 0.465 e. The Kier molecular flexibility index (Phi) is 4.17. The van der Waals surface area contributed by atoms with Crippen molar-refractivity contribution >= 4 is 51.4 Å². The second kappa shape index (κ2) is 6.38. The van der Waals surface area contributed by atoms with Crippen LogP contribution < -0.4 is 9.80 Å². The van der Waals surface area contributed by atoms with Crippen LogP contribution in [0.3, 0.4) is 0 Å². The van der Waals surface area contributed by atoms with E-state index in [1.54, 1.807) is 10.9 Å². The fraction of sp³-hybridized carbons (Fsp3) is 0.294. The molecule has 1 aromatic carbocycles. The molecule has 3 aromatic rings. The van der Waals surface area contributed by atoms with Crippen molar-refractivity contribution < 1.29 is 9.90 Å². The molecule has 2 aromatic heterocycles. The van der Waals surface area contributed by atoms with E-state index in [2.05, 4.69) is 37.7 Å². The van der Waals surface area contributed by atoms with Crippen LogP contribution in [0.5, 0.6) is 0 Å². The fourth-order valence-corrected chi connectivity index (χ4v) is 4.04. The predicted molar refractivity (Wildman–Crippen MR) is 107 cm³/mol. The minimum Gasteiger partial charge on any atom is -0.465 e. The van der Waals surface area contributed by atoms with Gasteiger partial charge in [0.05, 0.1) is 23.7 Å². The molecule has 1 atom stereocenters. The van der Waals surface area contributed by atoms with Crippen molar-refractivity contribution in [1.29, 1.82) is 0 Å². The summed E-state index contributed by atoms with van der Waals surface area (Å²) < 4.78 is 2.59. The lowest BCUT2D eigenvalue weighted by molar-refractivity contribution is 0.200. The number of carbonyl (C=O) groups is 1. The molecule has 4 rings (SSSR count). The van der Waals surface area contributed by atoms with Gasteiger partial charge in [-0.25, -0.2) is 14.5 Å². The summed E-state index contributed by atoms with van der Waals surface area (Å²) in [6, 6.07) is 7.56. The molecule has 1 unspecified atom stereocenters. The van der Waals surface area contributed by atoms with E-state index < -0.39 is 6.09 Å². The zero-order valence-electron chi connectivity index (χ0n) is 14.3. The monoisotopic (exact) mass is 464 g/mol. The lowest BCUT2D eigenvalue weighted by Crippen LogP contribution is -2.49. The second-order valence-corrected chi connectivity index (χ2v) is 7.33. The fourth-order valence-electron chi connectivity index (χ4n) is 3.34. The van der Waals surface area contributed by atoms with Gasteiger partial charge in [-0.2, -0.15) is 10.1 Å². The zero-order valence-corrected chi connectivity index (χ0v) is 16.5. The number of aryl methyl sites for hydroxylation is 1. The van der Waals surface area contributed by atoms with Crippen LogP contribution in [0.4, 0.5) is 16.4 Å². The molecule has 1 amide bonds. The maximum atomic E-state index is 11.7. The van der Waals surface area contributed by atoms with Crippen LogP contribution >= 0.6 is 22.6 Å². The van der Waals surface area contributed by atoms with Crippen molar-refractivity contribution in [2.45, 2.75) is 12.5 Å². The summed E-state index contributed by atoms with van der Waals surface area (Å²) in [4.78, 5) is 24.2. The Morgan fingerprint density at radius 3 is 2.92 bits per heavy atom. The number of carboxylic acid groups (broad SMARTS) is 1. The van der Waals surface area contributed by atoms with Crippen molar-refractivity contribution in [2.24, 2.45) is 7.05 Å². The minimum atomic E-state index is -0.951. The summed E-state index contributed by atoms with van der Waals surface area (Å²) in [6.07, 6.45) is 1.56. The van der Waals surface area contributed by atoms with Crippen molar-refractivity contribution in [3.8, 4) is 0 Å². The van der Waals surface area contributed by atoms with Gasteiger partial charge >= 0.3 is 6.09 Å². The van der Waals surface area contributed by atoms with E-state index in [9.17, 15) is 9.90 Å². The summed E-state index contributed by atoms with van der Waals surface area (Å²) in [5, 5.41) is 14.9. The average Bonchev–Trinajstić information content (AvgIpc) is 2.93. The van der Waals surface area contributed by atoms with E-state index in [0.717, 1.165) is 32.4 Å². The topological polar surface area (TPSA) is 87.4 Å². The average molecular weight is 464 g/mol. The molecule has 0 spiro atoms. The Labute approximate surface area is 163 Å². The van der Waals surface area contributed by atoms with Crippen LogP contribution in [0, 0.1) is 3.70 Å². The Bertz CT molecular complexity index is 1000. The molecule has 1 aliphatic heterocycles. The number of para-hydroxylation sites is 1. The molecule has 0 fully saturated rings. The van der Waals surface area contributed by atoms with Crippen molar-refractivity contribution in [3.05, 3.63) is 39.7 Å². The molecular weight excluding hydrogens is 447 g/mol. The van der Waals surface area contributed by atoms with Crippen LogP contribution in [0.2, 0.25) is 0 Å². The lowest BCUT2D eigenvalue weighted by Gasteiger charge is -2.37. The first kappa shape index (κ1) is 17.0. The van der Waals surface area contributed by atoms with Crippen molar-refractivity contribution in [3.63, 3.8) is 0 Å². The highest BCUT2D eigenvalue weighted by Crippen LogP contribution is 2.30. The van der Waals surface area contributed by atoms with E-state index in [0.29, 0.717) is 12.5 Å². The Morgan fingerprint density at radius 1 is 1.38 bits per heavy atom.